The van der Waals surface area contributed by atoms with E-state index >= 15 is 0 Å². The Kier molecular flexibility index (Phi) is 4.61. The number of esters is 2. The number of aliphatic hydroxyl groups is 1. The van der Waals surface area contributed by atoms with Gasteiger partial charge >= 0.3 is 11.9 Å². The van der Waals surface area contributed by atoms with Crippen LogP contribution in [-0.2, 0) is 37.8 Å². The summed E-state index contributed by atoms with van der Waals surface area (Å²) in [6.07, 6.45) is 2.72. The first-order chi connectivity index (χ1) is 15.8. The number of carbonyl (C=O) groups excluding carboxylic acids is 2. The van der Waals surface area contributed by atoms with Gasteiger partial charge in [-0.25, -0.2) is 14.6 Å². The first kappa shape index (κ1) is 20.9. The Balaban J connectivity index is 1.67. The number of cyclic esters (lactones) is 1. The van der Waals surface area contributed by atoms with Crippen molar-refractivity contribution in [3.05, 3.63) is 62.9 Å². The van der Waals surface area contributed by atoms with Gasteiger partial charge in [0.1, 0.15) is 12.4 Å². The van der Waals surface area contributed by atoms with E-state index in [1.807, 2.05) is 0 Å². The predicted octanol–water partition coefficient (Wildman–Crippen LogP) is 1.97. The van der Waals surface area contributed by atoms with Gasteiger partial charge in [0.05, 0.1) is 36.1 Å². The zero-order chi connectivity index (χ0) is 23.5. The number of hydrogen-bond acceptors (Lipinski definition) is 8. The van der Waals surface area contributed by atoms with Crippen molar-refractivity contribution in [2.75, 3.05) is 7.11 Å². The van der Waals surface area contributed by atoms with E-state index in [9.17, 15) is 24.6 Å². The van der Waals surface area contributed by atoms with E-state index in [4.69, 9.17) is 4.74 Å². The highest BCUT2D eigenvalue weighted by molar-refractivity contribution is 5.94. The second-order valence-corrected chi connectivity index (χ2v) is 8.03. The number of phenols is 1. The Morgan fingerprint density at radius 2 is 2.12 bits per heavy atom. The lowest BCUT2D eigenvalue weighted by Gasteiger charge is -2.31. The Hall–Kier alpha value is -3.98. The molecule has 33 heavy (non-hydrogen) atoms. The van der Waals surface area contributed by atoms with E-state index in [1.165, 1.54) is 23.8 Å². The molecule has 0 saturated heterocycles. The van der Waals surface area contributed by atoms with Gasteiger partial charge in [-0.2, -0.15) is 0 Å². The maximum atomic E-state index is 13.2. The number of methoxy groups -OCH3 is 1. The second-order valence-electron chi connectivity index (χ2n) is 8.03. The lowest BCUT2D eigenvalue weighted by Crippen LogP contribution is -2.44. The molecule has 9 nitrogen and oxygen atoms in total. The van der Waals surface area contributed by atoms with Crippen LogP contribution in [0.15, 0.2) is 35.1 Å². The number of ether oxygens (including phenoxy) is 2. The summed E-state index contributed by atoms with van der Waals surface area (Å²) < 4.78 is 11.2. The average molecular weight is 448 g/mol. The highest BCUT2D eigenvalue weighted by Gasteiger charge is 2.45. The van der Waals surface area contributed by atoms with Gasteiger partial charge < -0.3 is 24.3 Å². The normalized spacial score (nSPS) is 18.7. The smallest absolute Gasteiger partial charge is 0.343 e. The zero-order valence-corrected chi connectivity index (χ0v) is 17.9. The number of fused-ring (bicyclic) bond motifs is 5. The SMILES string of the molecule is CC[C@@]1(O)C(=O)OCc2c1cc1n(c2=O)Cc2cc3c(O)c(/C=C/C(=O)OC)ccc3nc2-1. The van der Waals surface area contributed by atoms with Gasteiger partial charge in [-0.15, -0.1) is 0 Å². The average Bonchev–Trinajstić information content (AvgIpc) is 3.18. The number of pyridine rings is 2. The van der Waals surface area contributed by atoms with E-state index in [2.05, 4.69) is 9.72 Å². The summed E-state index contributed by atoms with van der Waals surface area (Å²) in [5, 5.41) is 22.1. The molecule has 0 saturated carbocycles. The van der Waals surface area contributed by atoms with Gasteiger partial charge in [0.25, 0.3) is 5.56 Å². The first-order valence-corrected chi connectivity index (χ1v) is 10.4. The second kappa shape index (κ2) is 7.28. The lowest BCUT2D eigenvalue weighted by atomic mass is 9.86. The molecule has 5 rings (SSSR count). The van der Waals surface area contributed by atoms with Crippen LogP contribution >= 0.6 is 0 Å². The predicted molar refractivity (Wildman–Crippen MR) is 117 cm³/mol. The zero-order valence-electron chi connectivity index (χ0n) is 17.9. The maximum Gasteiger partial charge on any atom is 0.343 e. The fourth-order valence-electron chi connectivity index (χ4n) is 4.41. The number of phenolic OH excluding ortho intramolecular Hbond substituents is 1. The van der Waals surface area contributed by atoms with Crippen molar-refractivity contribution >= 4 is 28.9 Å². The molecule has 0 amide bonds. The molecule has 2 aliphatic rings. The van der Waals surface area contributed by atoms with Crippen molar-refractivity contribution < 1.29 is 29.3 Å². The number of aromatic nitrogens is 2. The molecule has 0 spiro atoms. The molecule has 0 fully saturated rings. The van der Waals surface area contributed by atoms with Gasteiger partial charge in [-0.3, -0.25) is 4.79 Å². The number of hydrogen-bond donors (Lipinski definition) is 2. The van der Waals surface area contributed by atoms with Crippen molar-refractivity contribution in [2.24, 2.45) is 0 Å². The van der Waals surface area contributed by atoms with Gasteiger partial charge in [0.2, 0.25) is 0 Å². The Morgan fingerprint density at radius 1 is 1.33 bits per heavy atom. The van der Waals surface area contributed by atoms with Crippen molar-refractivity contribution in [1.29, 1.82) is 0 Å². The summed E-state index contributed by atoms with van der Waals surface area (Å²) in [5.74, 6) is -1.37. The van der Waals surface area contributed by atoms with E-state index in [-0.39, 0.29) is 42.0 Å². The van der Waals surface area contributed by atoms with Gasteiger partial charge in [0.15, 0.2) is 5.60 Å². The third-order valence-corrected chi connectivity index (χ3v) is 6.29. The third-order valence-electron chi connectivity index (χ3n) is 6.29. The molecule has 0 bridgehead atoms. The van der Waals surface area contributed by atoms with Crippen molar-refractivity contribution in [3.63, 3.8) is 0 Å². The number of nitrogens with zero attached hydrogens (tertiary/aromatic N) is 2. The summed E-state index contributed by atoms with van der Waals surface area (Å²) >= 11 is 0. The standard InChI is InChI=1S/C24H20N2O7/c1-3-24(31)16-9-18-20-13(10-26(18)22(29)15(16)11-33-23(24)30)8-14-17(25-20)6-4-12(21(14)28)5-7-19(27)32-2/h4-9,28,31H,3,10-11H2,1-2H3/b7-5+/t24-/m0/s1. The third kappa shape index (κ3) is 2.96. The number of carbonyl (C=O) groups is 2. The van der Waals surface area contributed by atoms with Crippen molar-refractivity contribution in [3.8, 4) is 17.1 Å². The fraction of sp³-hybridized carbons (Fsp3) is 0.250. The Bertz CT molecular complexity index is 1450. The molecule has 2 aliphatic heterocycles. The first-order valence-electron chi connectivity index (χ1n) is 10.4. The summed E-state index contributed by atoms with van der Waals surface area (Å²) in [6, 6.07) is 6.71. The van der Waals surface area contributed by atoms with Crippen LogP contribution in [0.25, 0.3) is 28.4 Å². The molecule has 9 heteroatoms. The molecular formula is C24H20N2O7. The maximum absolute atomic E-state index is 13.2. The molecular weight excluding hydrogens is 428 g/mol. The van der Waals surface area contributed by atoms with Crippen LogP contribution in [0.3, 0.4) is 0 Å². The molecule has 0 radical (unpaired) electrons. The fourth-order valence-corrected chi connectivity index (χ4v) is 4.41. The monoisotopic (exact) mass is 448 g/mol. The van der Waals surface area contributed by atoms with Gasteiger partial charge in [0, 0.05) is 28.2 Å². The molecule has 0 aliphatic carbocycles. The Morgan fingerprint density at radius 3 is 2.85 bits per heavy atom. The molecule has 0 unspecified atom stereocenters. The highest BCUT2D eigenvalue weighted by Crippen LogP contribution is 2.40. The summed E-state index contributed by atoms with van der Waals surface area (Å²) in [5.41, 5.74) is 0.904. The van der Waals surface area contributed by atoms with Crippen LogP contribution in [-0.4, -0.2) is 38.8 Å². The highest BCUT2D eigenvalue weighted by atomic mass is 16.6. The van der Waals surface area contributed by atoms with Crippen molar-refractivity contribution in [2.45, 2.75) is 32.1 Å². The number of benzene rings is 1. The minimum absolute atomic E-state index is 0.0510. The lowest BCUT2D eigenvalue weighted by molar-refractivity contribution is -0.172. The molecule has 4 heterocycles. The van der Waals surface area contributed by atoms with Crippen LogP contribution in [0, 0.1) is 0 Å². The molecule has 1 aromatic carbocycles. The van der Waals surface area contributed by atoms with E-state index in [0.717, 1.165) is 0 Å². The Labute approximate surface area is 187 Å². The van der Waals surface area contributed by atoms with Gasteiger partial charge in [-0.1, -0.05) is 6.92 Å². The quantitative estimate of drug-likeness (QED) is 0.360. The van der Waals surface area contributed by atoms with Crippen LogP contribution < -0.4 is 5.56 Å². The van der Waals surface area contributed by atoms with Crippen LogP contribution in [0.5, 0.6) is 5.75 Å². The number of rotatable bonds is 3. The summed E-state index contributed by atoms with van der Waals surface area (Å²) in [7, 11) is 1.26. The van der Waals surface area contributed by atoms with E-state index in [1.54, 1.807) is 31.2 Å². The molecule has 1 atom stereocenters. The largest absolute Gasteiger partial charge is 0.507 e. The molecule has 2 aromatic heterocycles. The van der Waals surface area contributed by atoms with E-state index < -0.39 is 17.5 Å². The van der Waals surface area contributed by atoms with Gasteiger partial charge in [-0.05, 0) is 36.8 Å². The van der Waals surface area contributed by atoms with Crippen LogP contribution in [0.4, 0.5) is 0 Å². The molecule has 3 aromatic rings. The molecule has 2 N–H and O–H groups in total. The summed E-state index contributed by atoms with van der Waals surface area (Å²) in [4.78, 5) is 41.5. The van der Waals surface area contributed by atoms with E-state index in [0.29, 0.717) is 33.4 Å². The minimum atomic E-state index is -1.89. The van der Waals surface area contributed by atoms with Crippen LogP contribution in [0.2, 0.25) is 0 Å². The molecule has 168 valence electrons. The number of aromatic hydroxyl groups is 1. The van der Waals surface area contributed by atoms with Crippen molar-refractivity contribution in [1.82, 2.24) is 9.55 Å². The van der Waals surface area contributed by atoms with Crippen LogP contribution in [0.1, 0.15) is 35.6 Å². The minimum Gasteiger partial charge on any atom is -0.507 e. The topological polar surface area (TPSA) is 128 Å². The summed E-state index contributed by atoms with van der Waals surface area (Å²) in [6.45, 7) is 1.67.